The van der Waals surface area contributed by atoms with Crippen LogP contribution in [-0.2, 0) is 11.0 Å². The number of halogens is 3. The van der Waals surface area contributed by atoms with E-state index in [4.69, 9.17) is 9.84 Å². The zero-order valence-corrected chi connectivity index (χ0v) is 20.2. The molecular formula is C26H24F3N3O5. The number of hydrogen-bond acceptors (Lipinski definition) is 5. The van der Waals surface area contributed by atoms with Gasteiger partial charge in [-0.05, 0) is 50.1 Å². The average molecular weight is 515 g/mol. The Morgan fingerprint density at radius 3 is 2.35 bits per heavy atom. The van der Waals surface area contributed by atoms with Crippen molar-refractivity contribution in [1.29, 1.82) is 0 Å². The molecule has 0 spiro atoms. The van der Waals surface area contributed by atoms with Crippen LogP contribution in [0, 0.1) is 13.8 Å². The second kappa shape index (κ2) is 11.1. The number of nitrogens with zero attached hydrogens (tertiary/aromatic N) is 1. The predicted octanol–water partition coefficient (Wildman–Crippen LogP) is 6.08. The summed E-state index contributed by atoms with van der Waals surface area (Å²) in [5, 5.41) is 13.2. The Kier molecular flexibility index (Phi) is 8.16. The highest BCUT2D eigenvalue weighted by molar-refractivity contribution is 6.12. The molecule has 8 nitrogen and oxygen atoms in total. The molecule has 3 rings (SSSR count). The minimum atomic E-state index is -4.84. The van der Waals surface area contributed by atoms with Gasteiger partial charge in [0.05, 0.1) is 30.0 Å². The summed E-state index contributed by atoms with van der Waals surface area (Å²) in [6.45, 7) is 5.12. The fourth-order valence-electron chi connectivity index (χ4n) is 3.70. The molecular weight excluding hydrogens is 491 g/mol. The van der Waals surface area contributed by atoms with Crippen molar-refractivity contribution in [2.24, 2.45) is 0 Å². The normalized spacial score (nSPS) is 11.1. The van der Waals surface area contributed by atoms with Gasteiger partial charge < -0.3 is 15.2 Å². The first kappa shape index (κ1) is 27.2. The van der Waals surface area contributed by atoms with Crippen molar-refractivity contribution in [2.75, 3.05) is 17.2 Å². The van der Waals surface area contributed by atoms with Crippen molar-refractivity contribution in [2.45, 2.75) is 33.4 Å². The first-order valence-electron chi connectivity index (χ1n) is 11.1. The number of aryl methyl sites for hydroxylation is 2. The minimum absolute atomic E-state index is 0.104. The first-order valence-corrected chi connectivity index (χ1v) is 11.1. The molecule has 0 aliphatic heterocycles. The van der Waals surface area contributed by atoms with Crippen LogP contribution in [0.3, 0.4) is 0 Å². The van der Waals surface area contributed by atoms with Gasteiger partial charge in [-0.2, -0.15) is 13.2 Å². The number of benzene rings is 2. The predicted molar refractivity (Wildman–Crippen MR) is 131 cm³/mol. The average Bonchev–Trinajstić information content (AvgIpc) is 2.79. The Bertz CT molecular complexity index is 1360. The molecule has 0 fully saturated rings. The van der Waals surface area contributed by atoms with Crippen LogP contribution in [0.5, 0.6) is 5.75 Å². The molecule has 0 saturated carbocycles. The van der Waals surface area contributed by atoms with E-state index in [9.17, 15) is 27.6 Å². The van der Waals surface area contributed by atoms with E-state index in [0.717, 1.165) is 22.9 Å². The van der Waals surface area contributed by atoms with Gasteiger partial charge >= 0.3 is 12.3 Å². The number of ketones is 1. The second-order valence-corrected chi connectivity index (χ2v) is 8.12. The molecule has 11 heteroatoms. The van der Waals surface area contributed by atoms with Gasteiger partial charge in [0.1, 0.15) is 5.75 Å². The number of rotatable bonds is 8. The summed E-state index contributed by atoms with van der Waals surface area (Å²) in [7, 11) is 0. The Hall–Kier alpha value is -4.41. The molecule has 3 aromatic rings. The summed E-state index contributed by atoms with van der Waals surface area (Å²) in [6, 6.07) is 9.85. The van der Waals surface area contributed by atoms with Crippen LogP contribution in [0.2, 0.25) is 0 Å². The standard InChI is InChI=1S/C26H24F3N3O5/c1-4-37-23-11-21(32-25(35)36)20(10-19(23)26(27,28)29)31-24(34)12-22(33)17-7-5-6-16(9-17)18-13-30-15(3)8-14(18)2/h5-11,13,32H,4,12H2,1-3H3,(H,31,34)(H,35,36). The van der Waals surface area contributed by atoms with E-state index < -0.39 is 47.4 Å². The zero-order chi connectivity index (χ0) is 27.3. The first-order chi connectivity index (χ1) is 17.4. The number of amides is 2. The van der Waals surface area contributed by atoms with Crippen LogP contribution in [0.4, 0.5) is 29.3 Å². The van der Waals surface area contributed by atoms with Crippen LogP contribution in [0.1, 0.15) is 40.5 Å². The quantitative estimate of drug-likeness (QED) is 0.247. The maximum atomic E-state index is 13.6. The monoisotopic (exact) mass is 515 g/mol. The highest BCUT2D eigenvalue weighted by Gasteiger charge is 2.36. The zero-order valence-electron chi connectivity index (χ0n) is 20.2. The van der Waals surface area contributed by atoms with Gasteiger partial charge in [-0.15, -0.1) is 0 Å². The van der Waals surface area contributed by atoms with Crippen LogP contribution < -0.4 is 15.4 Å². The van der Waals surface area contributed by atoms with Crippen molar-refractivity contribution < 1.29 is 37.4 Å². The Labute approximate surface area is 210 Å². The molecule has 1 heterocycles. The van der Waals surface area contributed by atoms with Gasteiger partial charge in [0.25, 0.3) is 0 Å². The topological polar surface area (TPSA) is 118 Å². The van der Waals surface area contributed by atoms with E-state index in [2.05, 4.69) is 10.3 Å². The van der Waals surface area contributed by atoms with Crippen molar-refractivity contribution in [3.05, 3.63) is 71.0 Å². The molecule has 194 valence electrons. The van der Waals surface area contributed by atoms with Gasteiger partial charge in [0.15, 0.2) is 5.78 Å². The van der Waals surface area contributed by atoms with E-state index in [-0.39, 0.29) is 17.9 Å². The van der Waals surface area contributed by atoms with Gasteiger partial charge in [-0.3, -0.25) is 19.9 Å². The third kappa shape index (κ3) is 6.84. The summed E-state index contributed by atoms with van der Waals surface area (Å²) in [5.41, 5.74) is 1.52. The van der Waals surface area contributed by atoms with E-state index in [0.29, 0.717) is 11.6 Å². The molecule has 2 aromatic carbocycles. The number of nitrogens with one attached hydrogen (secondary N) is 2. The fraction of sp³-hybridized carbons (Fsp3) is 0.231. The smallest absolute Gasteiger partial charge is 0.420 e. The van der Waals surface area contributed by atoms with Crippen molar-refractivity contribution in [3.63, 3.8) is 0 Å². The number of hydrogen-bond donors (Lipinski definition) is 3. The van der Waals surface area contributed by atoms with Crippen molar-refractivity contribution in [3.8, 4) is 16.9 Å². The molecule has 0 aliphatic rings. The van der Waals surface area contributed by atoms with E-state index in [1.54, 1.807) is 24.4 Å². The SMILES string of the molecule is CCOc1cc(NC(=O)O)c(NC(=O)CC(=O)c2cccc(-c3cnc(C)cc3C)c2)cc1C(F)(F)F. The van der Waals surface area contributed by atoms with Gasteiger partial charge in [-0.25, -0.2) is 4.79 Å². The van der Waals surface area contributed by atoms with Crippen molar-refractivity contribution in [1.82, 2.24) is 4.98 Å². The maximum Gasteiger partial charge on any atom is 0.420 e. The summed E-state index contributed by atoms with van der Waals surface area (Å²) in [4.78, 5) is 40.9. The molecule has 0 saturated heterocycles. The van der Waals surface area contributed by atoms with Crippen LogP contribution in [-0.4, -0.2) is 34.5 Å². The number of pyridine rings is 1. The number of carbonyl (C=O) groups is 3. The lowest BCUT2D eigenvalue weighted by molar-refractivity contribution is -0.138. The third-order valence-electron chi connectivity index (χ3n) is 5.30. The molecule has 1 aromatic heterocycles. The molecule has 0 aliphatic carbocycles. The molecule has 0 bridgehead atoms. The minimum Gasteiger partial charge on any atom is -0.493 e. The van der Waals surface area contributed by atoms with Gasteiger partial charge in [0, 0.05) is 29.1 Å². The van der Waals surface area contributed by atoms with Gasteiger partial charge in [-0.1, -0.05) is 18.2 Å². The number of aromatic nitrogens is 1. The van der Waals surface area contributed by atoms with E-state index >= 15 is 0 Å². The summed E-state index contributed by atoms with van der Waals surface area (Å²) >= 11 is 0. The molecule has 0 atom stereocenters. The third-order valence-corrected chi connectivity index (χ3v) is 5.30. The van der Waals surface area contributed by atoms with Crippen molar-refractivity contribution >= 4 is 29.2 Å². The van der Waals surface area contributed by atoms with Crippen LogP contribution >= 0.6 is 0 Å². The number of carbonyl (C=O) groups excluding carboxylic acids is 2. The second-order valence-electron chi connectivity index (χ2n) is 8.12. The highest BCUT2D eigenvalue weighted by atomic mass is 19.4. The lowest BCUT2D eigenvalue weighted by atomic mass is 9.98. The number of ether oxygens (including phenoxy) is 1. The largest absolute Gasteiger partial charge is 0.493 e. The Balaban J connectivity index is 1.86. The number of carboxylic acid groups (broad SMARTS) is 1. The highest BCUT2D eigenvalue weighted by Crippen LogP contribution is 2.41. The number of Topliss-reactive ketones (excluding diaryl/α,β-unsaturated/α-hetero) is 1. The number of alkyl halides is 3. The fourth-order valence-corrected chi connectivity index (χ4v) is 3.70. The number of anilines is 2. The molecule has 37 heavy (non-hydrogen) atoms. The Morgan fingerprint density at radius 1 is 1.03 bits per heavy atom. The Morgan fingerprint density at radius 2 is 1.73 bits per heavy atom. The lowest BCUT2D eigenvalue weighted by Gasteiger charge is -2.18. The lowest BCUT2D eigenvalue weighted by Crippen LogP contribution is -2.20. The molecule has 0 radical (unpaired) electrons. The van der Waals surface area contributed by atoms with Crippen LogP contribution in [0.15, 0.2) is 48.7 Å². The van der Waals surface area contributed by atoms with Gasteiger partial charge in [0.2, 0.25) is 5.91 Å². The molecule has 3 N–H and O–H groups in total. The summed E-state index contributed by atoms with van der Waals surface area (Å²) < 4.78 is 45.7. The molecule has 2 amide bonds. The molecule has 0 unspecified atom stereocenters. The van der Waals surface area contributed by atoms with Crippen LogP contribution in [0.25, 0.3) is 11.1 Å². The van der Waals surface area contributed by atoms with E-state index in [1.807, 2.05) is 25.2 Å². The van der Waals surface area contributed by atoms with E-state index in [1.165, 1.54) is 13.0 Å². The summed E-state index contributed by atoms with van der Waals surface area (Å²) in [5.74, 6) is -2.10. The maximum absolute atomic E-state index is 13.6. The summed E-state index contributed by atoms with van der Waals surface area (Å²) in [6.07, 6.45) is -5.41.